The van der Waals surface area contributed by atoms with Crippen LogP contribution in [0.5, 0.6) is 0 Å². The Morgan fingerprint density at radius 1 is 1.40 bits per heavy atom. The van der Waals surface area contributed by atoms with E-state index in [9.17, 15) is 4.79 Å². The molecule has 0 unspecified atom stereocenters. The molecule has 0 aromatic carbocycles. The van der Waals surface area contributed by atoms with E-state index in [1.54, 1.807) is 0 Å². The van der Waals surface area contributed by atoms with Gasteiger partial charge in [0.1, 0.15) is 6.34 Å². The molecule has 0 aromatic heterocycles. The molecule has 1 amide bonds. The monoisotopic (exact) mass is 251 g/mol. The Morgan fingerprint density at radius 3 is 2.53 bits per heavy atom. The third kappa shape index (κ3) is 4.01. The Hall–Kier alpha value is -1.52. The van der Waals surface area contributed by atoms with E-state index in [4.69, 9.17) is 13.0 Å². The fourth-order valence-corrected chi connectivity index (χ4v) is 0.637. The predicted octanol–water partition coefficient (Wildman–Crippen LogP) is -0.197. The van der Waals surface area contributed by atoms with Gasteiger partial charge in [0.15, 0.2) is 5.71 Å². The van der Waals surface area contributed by atoms with E-state index in [2.05, 4.69) is 36.1 Å². The lowest BCUT2D eigenvalue weighted by Crippen LogP contribution is -2.20. The molecule has 11 heteroatoms. The molecule has 0 radical (unpaired) electrons. The van der Waals surface area contributed by atoms with Crippen molar-refractivity contribution >= 4 is 43.8 Å². The average Bonchev–Trinajstić information content (AvgIpc) is 2.49. The first-order valence-electron chi connectivity index (χ1n) is 3.19. The first-order chi connectivity index (χ1) is 6.88. The highest BCUT2D eigenvalue weighted by Crippen LogP contribution is 2.02. The molecule has 80 valence electrons. The highest BCUT2D eigenvalue weighted by Gasteiger charge is 2.23. The molecule has 2 aliphatic heterocycles. The summed E-state index contributed by atoms with van der Waals surface area (Å²) in [6, 6.07) is 0. The van der Waals surface area contributed by atoms with E-state index in [1.165, 1.54) is 6.34 Å². The summed E-state index contributed by atoms with van der Waals surface area (Å²) in [5.74, 6) is -0.234. The summed E-state index contributed by atoms with van der Waals surface area (Å²) < 4.78 is 25.2. The van der Waals surface area contributed by atoms with Gasteiger partial charge >= 0.3 is 15.2 Å². The number of carbonyl (C=O) groups is 1. The molecular weight excluding hydrogens is 250 g/mol. The van der Waals surface area contributed by atoms with Crippen molar-refractivity contribution < 1.29 is 17.8 Å². The molecule has 15 heavy (non-hydrogen) atoms. The number of carbonyl (C=O) groups excluding carboxylic acids is 1. The normalized spacial score (nSPS) is 17.6. The zero-order valence-electron chi connectivity index (χ0n) is 6.77. The molecule has 1 N–H and O–H groups in total. The van der Waals surface area contributed by atoms with E-state index < -0.39 is 15.2 Å². The van der Waals surface area contributed by atoms with Crippen molar-refractivity contribution in [2.24, 2.45) is 25.4 Å². The zero-order valence-corrected chi connectivity index (χ0v) is 8.34. The van der Waals surface area contributed by atoms with Crippen molar-refractivity contribution in [2.45, 2.75) is 0 Å². The van der Waals surface area contributed by atoms with E-state index in [-0.39, 0.29) is 11.5 Å². The third-order valence-corrected chi connectivity index (χ3v) is 1.06. The Morgan fingerprint density at radius 2 is 2.00 bits per heavy atom. The maximum absolute atomic E-state index is 10.7. The Labute approximate surface area is 87.5 Å². The molecule has 2 rings (SSSR count). The van der Waals surface area contributed by atoms with Gasteiger partial charge < -0.3 is 0 Å². The summed E-state index contributed by atoms with van der Waals surface area (Å²) in [6.45, 7) is 0. The highest BCUT2D eigenvalue weighted by molar-refractivity contribution is 8.09. The maximum Gasteiger partial charge on any atom is 0.353 e. The Balaban J connectivity index is 0.000000195. The molecule has 9 nitrogen and oxygen atoms in total. The summed E-state index contributed by atoms with van der Waals surface area (Å²) in [7, 11) is -0.137. The van der Waals surface area contributed by atoms with Crippen LogP contribution in [0.4, 0.5) is 0 Å². The van der Waals surface area contributed by atoms with Crippen molar-refractivity contribution in [3.05, 3.63) is 0 Å². The molecule has 0 aliphatic carbocycles. The molecule has 0 fully saturated rings. The van der Waals surface area contributed by atoms with Gasteiger partial charge in [-0.15, -0.1) is 5.10 Å². The van der Waals surface area contributed by atoms with Crippen LogP contribution in [0, 0.1) is 0 Å². The lowest BCUT2D eigenvalue weighted by molar-refractivity contribution is -0.112. The molecule has 0 saturated heterocycles. The number of fused-ring (bicyclic) bond motifs is 1. The fourth-order valence-electron chi connectivity index (χ4n) is 0.637. The Kier molecular flexibility index (Phi) is 3.34. The standard InChI is InChI=1S/C4HN5O.ClHO3S/c10-4-2-3(6-1-5-2)7-9-8-4;1-5(2,3)4/h1H;(H,2,3,4). The summed E-state index contributed by atoms with van der Waals surface area (Å²) >= 11 is 0. The Bertz CT molecular complexity index is 489. The van der Waals surface area contributed by atoms with Crippen LogP contribution in [0.3, 0.4) is 0 Å². The van der Waals surface area contributed by atoms with Gasteiger partial charge in [0.05, 0.1) is 0 Å². The van der Waals surface area contributed by atoms with E-state index in [0.717, 1.165) is 0 Å². The zero-order chi connectivity index (χ0) is 11.5. The second-order valence-corrected chi connectivity index (χ2v) is 4.05. The number of rotatable bonds is 0. The lowest BCUT2D eigenvalue weighted by atomic mass is 10.3. The van der Waals surface area contributed by atoms with Gasteiger partial charge in [-0.3, -0.25) is 9.35 Å². The van der Waals surface area contributed by atoms with Crippen LogP contribution in [0.25, 0.3) is 0 Å². The molecular formula is C4H2ClN5O4S. The highest BCUT2D eigenvalue weighted by atomic mass is 35.7. The summed E-state index contributed by atoms with van der Waals surface area (Å²) in [5, 5.41) is 9.80. The van der Waals surface area contributed by atoms with E-state index in [1.807, 2.05) is 0 Å². The van der Waals surface area contributed by atoms with E-state index in [0.29, 0.717) is 0 Å². The van der Waals surface area contributed by atoms with Crippen LogP contribution in [-0.2, 0) is 14.1 Å². The quantitative estimate of drug-likeness (QED) is 0.471. The van der Waals surface area contributed by atoms with Crippen molar-refractivity contribution in [1.82, 2.24) is 0 Å². The van der Waals surface area contributed by atoms with Crippen molar-refractivity contribution in [3.8, 4) is 0 Å². The average molecular weight is 252 g/mol. The van der Waals surface area contributed by atoms with Crippen molar-refractivity contribution in [3.63, 3.8) is 0 Å². The first-order valence-corrected chi connectivity index (χ1v) is 5.45. The fraction of sp³-hybridized carbons (Fsp3) is 0. The first kappa shape index (κ1) is 11.6. The van der Waals surface area contributed by atoms with Crippen LogP contribution in [0.2, 0.25) is 0 Å². The molecule has 0 aromatic rings. The third-order valence-electron chi connectivity index (χ3n) is 1.06. The maximum atomic E-state index is 10.7. The molecule has 0 spiro atoms. The molecule has 0 bridgehead atoms. The minimum absolute atomic E-state index is 0.176. The van der Waals surface area contributed by atoms with Crippen LogP contribution in [0.1, 0.15) is 0 Å². The number of amidine groups is 1. The largest absolute Gasteiger partial charge is 0.353 e. The molecule has 0 saturated carbocycles. The van der Waals surface area contributed by atoms with Crippen LogP contribution >= 0.6 is 10.7 Å². The van der Waals surface area contributed by atoms with Crippen LogP contribution < -0.4 is 0 Å². The van der Waals surface area contributed by atoms with Crippen LogP contribution in [0.15, 0.2) is 25.4 Å². The van der Waals surface area contributed by atoms with Gasteiger partial charge in [-0.2, -0.15) is 8.42 Å². The molecule has 2 aliphatic rings. The lowest BCUT2D eigenvalue weighted by Gasteiger charge is -1.94. The summed E-state index contributed by atoms with van der Waals surface area (Å²) in [5.41, 5.74) is 0.176. The van der Waals surface area contributed by atoms with Gasteiger partial charge in [-0.25, -0.2) is 9.98 Å². The van der Waals surface area contributed by atoms with Gasteiger partial charge in [-0.1, -0.05) is 5.11 Å². The second kappa shape index (κ2) is 4.33. The van der Waals surface area contributed by atoms with Gasteiger partial charge in [-0.05, 0) is 5.22 Å². The minimum Gasteiger partial charge on any atom is -0.273 e. The minimum atomic E-state index is -4.19. The summed E-state index contributed by atoms with van der Waals surface area (Å²) in [4.78, 5) is 18.0. The SMILES string of the molecule is O=C1N=NN=C2N=CN=C12.O=S(=O)(O)Cl. The number of hydrogen-bond acceptors (Lipinski definition) is 7. The number of amides is 1. The molecule has 2 heterocycles. The smallest absolute Gasteiger partial charge is 0.273 e. The number of nitrogens with zero attached hydrogens (tertiary/aromatic N) is 5. The summed E-state index contributed by atoms with van der Waals surface area (Å²) in [6.07, 6.45) is 1.25. The van der Waals surface area contributed by atoms with Gasteiger partial charge in [0.2, 0.25) is 5.84 Å². The number of halogens is 1. The van der Waals surface area contributed by atoms with Crippen LogP contribution in [-0.4, -0.2) is 36.8 Å². The van der Waals surface area contributed by atoms with Crippen molar-refractivity contribution in [1.29, 1.82) is 0 Å². The molecule has 0 atom stereocenters. The van der Waals surface area contributed by atoms with Gasteiger partial charge in [0, 0.05) is 10.7 Å². The number of aliphatic imine (C=N–C) groups is 2. The number of hydrogen-bond donors (Lipinski definition) is 1. The van der Waals surface area contributed by atoms with E-state index >= 15 is 0 Å². The topological polar surface area (TPSA) is 133 Å². The predicted molar refractivity (Wildman–Crippen MR) is 50.6 cm³/mol. The second-order valence-electron chi connectivity index (χ2n) is 2.05. The van der Waals surface area contributed by atoms with Crippen molar-refractivity contribution in [2.75, 3.05) is 0 Å². The van der Waals surface area contributed by atoms with Gasteiger partial charge in [0.25, 0.3) is 0 Å².